The Balaban J connectivity index is 1.92. The van der Waals surface area contributed by atoms with Crippen LogP contribution in [0.25, 0.3) is 0 Å². The molecule has 14 heavy (non-hydrogen) atoms. The van der Waals surface area contributed by atoms with Crippen LogP contribution in [0.2, 0.25) is 0 Å². The largest absolute Gasteiger partial charge is 0.494 e. The number of hydrogen-bond acceptors (Lipinski definition) is 1. The van der Waals surface area contributed by atoms with Gasteiger partial charge >= 0.3 is 0 Å². The van der Waals surface area contributed by atoms with Crippen LogP contribution in [0, 0.1) is 0 Å². The molecule has 1 aromatic rings. The van der Waals surface area contributed by atoms with Gasteiger partial charge in [0.15, 0.2) is 0 Å². The van der Waals surface area contributed by atoms with Crippen molar-refractivity contribution >= 4 is 0 Å². The van der Waals surface area contributed by atoms with Crippen LogP contribution in [0.3, 0.4) is 0 Å². The van der Waals surface area contributed by atoms with Crippen molar-refractivity contribution in [3.05, 3.63) is 29.8 Å². The molecule has 1 nitrogen and oxygen atoms in total. The van der Waals surface area contributed by atoms with E-state index in [1.807, 2.05) is 0 Å². The molecule has 0 bridgehead atoms. The maximum absolute atomic E-state index is 5.66. The molecule has 0 unspecified atom stereocenters. The second-order valence-corrected chi connectivity index (χ2v) is 4.05. The maximum atomic E-state index is 5.66. The summed E-state index contributed by atoms with van der Waals surface area (Å²) in [7, 11) is 0. The fourth-order valence-corrected chi connectivity index (χ4v) is 1.61. The van der Waals surface area contributed by atoms with E-state index in [0.717, 1.165) is 24.7 Å². The van der Waals surface area contributed by atoms with Gasteiger partial charge in [-0.15, -0.1) is 0 Å². The van der Waals surface area contributed by atoms with Gasteiger partial charge in [-0.05, 0) is 42.9 Å². The Bertz CT molecular complexity index is 289. The SMILES string of the molecule is CCCCOc1cccc(C2CC2)c1. The molecule has 0 amide bonds. The van der Waals surface area contributed by atoms with Gasteiger partial charge in [0.1, 0.15) is 5.75 Å². The van der Waals surface area contributed by atoms with Crippen LogP contribution in [0.5, 0.6) is 5.75 Å². The Morgan fingerprint density at radius 1 is 1.36 bits per heavy atom. The van der Waals surface area contributed by atoms with Gasteiger partial charge in [0.05, 0.1) is 6.61 Å². The Labute approximate surface area is 86.1 Å². The van der Waals surface area contributed by atoms with Crippen molar-refractivity contribution in [2.24, 2.45) is 0 Å². The molecule has 0 heterocycles. The van der Waals surface area contributed by atoms with Gasteiger partial charge in [-0.3, -0.25) is 0 Å². The number of benzene rings is 1. The number of rotatable bonds is 5. The van der Waals surface area contributed by atoms with Gasteiger partial charge in [-0.25, -0.2) is 0 Å². The lowest BCUT2D eigenvalue weighted by molar-refractivity contribution is 0.309. The summed E-state index contributed by atoms with van der Waals surface area (Å²) in [6, 6.07) is 8.58. The zero-order valence-corrected chi connectivity index (χ0v) is 8.83. The second kappa shape index (κ2) is 4.50. The lowest BCUT2D eigenvalue weighted by Crippen LogP contribution is -1.96. The molecule has 1 fully saturated rings. The first kappa shape index (κ1) is 9.57. The molecule has 1 aliphatic carbocycles. The third-order valence-corrected chi connectivity index (χ3v) is 2.67. The first-order valence-electron chi connectivity index (χ1n) is 5.63. The average Bonchev–Trinajstić information content (AvgIpc) is 3.02. The van der Waals surface area contributed by atoms with Gasteiger partial charge in [-0.2, -0.15) is 0 Å². The zero-order valence-electron chi connectivity index (χ0n) is 8.83. The van der Waals surface area contributed by atoms with Crippen molar-refractivity contribution in [3.63, 3.8) is 0 Å². The molecule has 1 saturated carbocycles. The number of ether oxygens (including phenoxy) is 1. The van der Waals surface area contributed by atoms with Crippen LogP contribution in [-0.4, -0.2) is 6.61 Å². The molecule has 1 aromatic carbocycles. The van der Waals surface area contributed by atoms with E-state index in [9.17, 15) is 0 Å². The summed E-state index contributed by atoms with van der Waals surface area (Å²) in [5.74, 6) is 1.87. The van der Waals surface area contributed by atoms with Gasteiger partial charge in [0.25, 0.3) is 0 Å². The summed E-state index contributed by atoms with van der Waals surface area (Å²) in [6.07, 6.45) is 5.06. The summed E-state index contributed by atoms with van der Waals surface area (Å²) in [5.41, 5.74) is 1.46. The maximum Gasteiger partial charge on any atom is 0.119 e. The van der Waals surface area contributed by atoms with E-state index in [1.165, 1.54) is 24.8 Å². The monoisotopic (exact) mass is 190 g/mol. The molecule has 0 aliphatic heterocycles. The van der Waals surface area contributed by atoms with Gasteiger partial charge in [0.2, 0.25) is 0 Å². The highest BCUT2D eigenvalue weighted by atomic mass is 16.5. The molecule has 0 atom stereocenters. The lowest BCUT2D eigenvalue weighted by Gasteiger charge is -2.06. The molecule has 0 saturated heterocycles. The topological polar surface area (TPSA) is 9.23 Å². The van der Waals surface area contributed by atoms with Crippen molar-refractivity contribution in [2.45, 2.75) is 38.5 Å². The van der Waals surface area contributed by atoms with Crippen LogP contribution >= 0.6 is 0 Å². The van der Waals surface area contributed by atoms with Crippen LogP contribution < -0.4 is 4.74 Å². The minimum atomic E-state index is 0.824. The van der Waals surface area contributed by atoms with Crippen molar-refractivity contribution < 1.29 is 4.74 Å². The standard InChI is InChI=1S/C13H18O/c1-2-3-9-14-13-6-4-5-12(10-13)11-7-8-11/h4-6,10-11H,2-3,7-9H2,1H3. The predicted molar refractivity (Wildman–Crippen MR) is 58.8 cm³/mol. The quantitative estimate of drug-likeness (QED) is 0.643. The summed E-state index contributed by atoms with van der Waals surface area (Å²) in [5, 5.41) is 0. The Morgan fingerprint density at radius 2 is 2.21 bits per heavy atom. The summed E-state index contributed by atoms with van der Waals surface area (Å²) in [4.78, 5) is 0. The van der Waals surface area contributed by atoms with Crippen molar-refractivity contribution in [1.29, 1.82) is 0 Å². The Morgan fingerprint density at radius 3 is 2.93 bits per heavy atom. The highest BCUT2D eigenvalue weighted by molar-refractivity contribution is 5.32. The molecule has 0 N–H and O–H groups in total. The molecular weight excluding hydrogens is 172 g/mol. The van der Waals surface area contributed by atoms with Crippen LogP contribution in [0.15, 0.2) is 24.3 Å². The van der Waals surface area contributed by atoms with E-state index in [-0.39, 0.29) is 0 Å². The Hall–Kier alpha value is -0.980. The number of hydrogen-bond donors (Lipinski definition) is 0. The van der Waals surface area contributed by atoms with E-state index in [1.54, 1.807) is 0 Å². The first-order chi connectivity index (χ1) is 6.90. The van der Waals surface area contributed by atoms with E-state index in [2.05, 4.69) is 31.2 Å². The minimum absolute atomic E-state index is 0.824. The zero-order chi connectivity index (χ0) is 9.80. The van der Waals surface area contributed by atoms with Crippen LogP contribution in [0.1, 0.15) is 44.1 Å². The Kier molecular flexibility index (Phi) is 3.07. The second-order valence-electron chi connectivity index (χ2n) is 4.05. The molecule has 2 rings (SSSR count). The normalized spacial score (nSPS) is 15.5. The molecule has 0 spiro atoms. The van der Waals surface area contributed by atoms with Crippen LogP contribution in [0.4, 0.5) is 0 Å². The van der Waals surface area contributed by atoms with Gasteiger partial charge in [0, 0.05) is 0 Å². The predicted octanol–water partition coefficient (Wildman–Crippen LogP) is 3.74. The molecule has 1 aliphatic rings. The number of unbranched alkanes of at least 4 members (excludes halogenated alkanes) is 1. The fourth-order valence-electron chi connectivity index (χ4n) is 1.61. The summed E-state index contributed by atoms with van der Waals surface area (Å²) in [6.45, 7) is 3.04. The highest BCUT2D eigenvalue weighted by Crippen LogP contribution is 2.40. The molecule has 76 valence electrons. The van der Waals surface area contributed by atoms with Crippen LogP contribution in [-0.2, 0) is 0 Å². The smallest absolute Gasteiger partial charge is 0.119 e. The van der Waals surface area contributed by atoms with Crippen molar-refractivity contribution in [1.82, 2.24) is 0 Å². The summed E-state index contributed by atoms with van der Waals surface area (Å²) < 4.78 is 5.66. The third kappa shape index (κ3) is 2.50. The van der Waals surface area contributed by atoms with E-state index in [4.69, 9.17) is 4.74 Å². The average molecular weight is 190 g/mol. The van der Waals surface area contributed by atoms with E-state index in [0.29, 0.717) is 0 Å². The molecule has 0 aromatic heterocycles. The molecule has 1 heteroatoms. The molecule has 0 radical (unpaired) electrons. The van der Waals surface area contributed by atoms with Gasteiger partial charge in [-0.1, -0.05) is 25.5 Å². The van der Waals surface area contributed by atoms with E-state index >= 15 is 0 Å². The fraction of sp³-hybridized carbons (Fsp3) is 0.538. The minimum Gasteiger partial charge on any atom is -0.494 e. The van der Waals surface area contributed by atoms with Gasteiger partial charge < -0.3 is 4.74 Å². The van der Waals surface area contributed by atoms with E-state index < -0.39 is 0 Å². The lowest BCUT2D eigenvalue weighted by atomic mass is 10.1. The highest BCUT2D eigenvalue weighted by Gasteiger charge is 2.23. The van der Waals surface area contributed by atoms with Crippen molar-refractivity contribution in [3.8, 4) is 5.75 Å². The van der Waals surface area contributed by atoms with Crippen molar-refractivity contribution in [2.75, 3.05) is 6.61 Å². The molecular formula is C13H18O. The summed E-state index contributed by atoms with van der Waals surface area (Å²) >= 11 is 0. The first-order valence-corrected chi connectivity index (χ1v) is 5.63. The third-order valence-electron chi connectivity index (χ3n) is 2.67.